The van der Waals surface area contributed by atoms with Crippen molar-refractivity contribution in [2.75, 3.05) is 7.11 Å². The molecule has 0 spiro atoms. The van der Waals surface area contributed by atoms with E-state index in [1.807, 2.05) is 12.3 Å². The van der Waals surface area contributed by atoms with Gasteiger partial charge in [0, 0.05) is 17.8 Å². The number of hydrogen-bond acceptors (Lipinski definition) is 4. The van der Waals surface area contributed by atoms with Crippen LogP contribution in [-0.4, -0.2) is 18.1 Å². The molecule has 1 heterocycles. The number of thiazole rings is 1. The third-order valence-electron chi connectivity index (χ3n) is 1.24. The van der Waals surface area contributed by atoms with E-state index in [-0.39, 0.29) is 6.04 Å². The molecule has 62 valence electrons. The molecule has 0 aliphatic rings. The molecule has 0 aliphatic heterocycles. The molecular weight excluding hydrogens is 160 g/mol. The first-order valence-electron chi connectivity index (χ1n) is 3.46. The minimum atomic E-state index is 0.168. The average Bonchev–Trinajstić information content (AvgIpc) is 2.34. The predicted molar refractivity (Wildman–Crippen MR) is 46.0 cm³/mol. The van der Waals surface area contributed by atoms with Gasteiger partial charge in [-0.3, -0.25) is 0 Å². The molecule has 11 heavy (non-hydrogen) atoms. The van der Waals surface area contributed by atoms with E-state index < -0.39 is 0 Å². The molecule has 1 unspecified atom stereocenters. The quantitative estimate of drug-likeness (QED) is 0.741. The maximum atomic E-state index is 5.60. The summed E-state index contributed by atoms with van der Waals surface area (Å²) in [5.74, 6) is 0. The molecule has 1 aromatic rings. The van der Waals surface area contributed by atoms with Crippen molar-refractivity contribution in [1.82, 2.24) is 4.98 Å². The van der Waals surface area contributed by atoms with Gasteiger partial charge in [-0.2, -0.15) is 0 Å². The predicted octanol–water partition coefficient (Wildman–Crippen LogP) is 1.04. The van der Waals surface area contributed by atoms with Gasteiger partial charge in [-0.1, -0.05) is 11.3 Å². The van der Waals surface area contributed by atoms with E-state index >= 15 is 0 Å². The van der Waals surface area contributed by atoms with E-state index in [1.165, 1.54) is 11.3 Å². The van der Waals surface area contributed by atoms with Crippen molar-refractivity contribution in [3.63, 3.8) is 0 Å². The van der Waals surface area contributed by atoms with Crippen LogP contribution in [0.1, 0.15) is 12.6 Å². The molecule has 1 aromatic heterocycles. The molecule has 0 fully saturated rings. The van der Waals surface area contributed by atoms with Crippen molar-refractivity contribution >= 4 is 11.3 Å². The van der Waals surface area contributed by atoms with Gasteiger partial charge < -0.3 is 10.5 Å². The lowest BCUT2D eigenvalue weighted by Gasteiger charge is -1.98. The second-order valence-corrected chi connectivity index (χ2v) is 3.31. The van der Waals surface area contributed by atoms with Gasteiger partial charge in [0.2, 0.25) is 0 Å². The first-order valence-corrected chi connectivity index (χ1v) is 4.34. The smallest absolute Gasteiger partial charge is 0.273 e. The SMILES string of the molecule is COc1nc(CC(C)N)cs1. The van der Waals surface area contributed by atoms with Crippen LogP contribution in [0.2, 0.25) is 0 Å². The standard InChI is InChI=1S/C7H12N2OS/c1-5(8)3-6-4-11-7(9-6)10-2/h4-5H,3,8H2,1-2H3. The Morgan fingerprint density at radius 3 is 3.00 bits per heavy atom. The molecule has 0 aromatic carbocycles. The van der Waals surface area contributed by atoms with Crippen molar-refractivity contribution in [3.8, 4) is 5.19 Å². The minimum Gasteiger partial charge on any atom is -0.473 e. The van der Waals surface area contributed by atoms with E-state index in [0.29, 0.717) is 5.19 Å². The lowest BCUT2D eigenvalue weighted by Crippen LogP contribution is -2.17. The maximum Gasteiger partial charge on any atom is 0.273 e. The van der Waals surface area contributed by atoms with Crippen LogP contribution in [0.4, 0.5) is 0 Å². The van der Waals surface area contributed by atoms with Gasteiger partial charge in [-0.05, 0) is 6.92 Å². The first-order chi connectivity index (χ1) is 5.22. The Morgan fingerprint density at radius 1 is 1.82 bits per heavy atom. The van der Waals surface area contributed by atoms with E-state index in [0.717, 1.165) is 12.1 Å². The van der Waals surface area contributed by atoms with E-state index in [2.05, 4.69) is 4.98 Å². The van der Waals surface area contributed by atoms with Gasteiger partial charge in [-0.25, -0.2) is 4.98 Å². The van der Waals surface area contributed by atoms with Crippen LogP contribution in [0.25, 0.3) is 0 Å². The van der Waals surface area contributed by atoms with Crippen LogP contribution in [0.3, 0.4) is 0 Å². The van der Waals surface area contributed by atoms with Crippen LogP contribution < -0.4 is 10.5 Å². The molecule has 0 saturated carbocycles. The Hall–Kier alpha value is -0.610. The molecule has 0 amide bonds. The summed E-state index contributed by atoms with van der Waals surface area (Å²) in [6, 6.07) is 0.168. The van der Waals surface area contributed by atoms with Gasteiger partial charge in [-0.15, -0.1) is 0 Å². The fraction of sp³-hybridized carbons (Fsp3) is 0.571. The van der Waals surface area contributed by atoms with Crippen LogP contribution in [0.15, 0.2) is 5.38 Å². The summed E-state index contributed by atoms with van der Waals surface area (Å²) in [6.45, 7) is 1.96. The fourth-order valence-electron chi connectivity index (χ4n) is 0.806. The van der Waals surface area contributed by atoms with Gasteiger partial charge in [0.05, 0.1) is 12.8 Å². The summed E-state index contributed by atoms with van der Waals surface area (Å²) in [5.41, 5.74) is 6.61. The second-order valence-electron chi connectivity index (χ2n) is 2.49. The molecule has 4 heteroatoms. The summed E-state index contributed by atoms with van der Waals surface area (Å²) in [6.07, 6.45) is 0.819. The first kappa shape index (κ1) is 8.49. The van der Waals surface area contributed by atoms with Gasteiger partial charge in [0.15, 0.2) is 0 Å². The number of ether oxygens (including phenoxy) is 1. The van der Waals surface area contributed by atoms with Gasteiger partial charge in [0.25, 0.3) is 5.19 Å². The Labute approximate surface area is 70.2 Å². The van der Waals surface area contributed by atoms with Gasteiger partial charge >= 0.3 is 0 Å². The summed E-state index contributed by atoms with van der Waals surface area (Å²) >= 11 is 1.50. The fourth-order valence-corrected chi connectivity index (χ4v) is 1.46. The lowest BCUT2D eigenvalue weighted by molar-refractivity contribution is 0.410. The summed E-state index contributed by atoms with van der Waals surface area (Å²) in [7, 11) is 1.62. The topological polar surface area (TPSA) is 48.1 Å². The molecule has 2 N–H and O–H groups in total. The zero-order chi connectivity index (χ0) is 8.27. The van der Waals surface area contributed by atoms with Crippen LogP contribution in [0, 0.1) is 0 Å². The normalized spacial score (nSPS) is 13.0. The number of rotatable bonds is 3. The molecule has 0 aliphatic carbocycles. The average molecular weight is 172 g/mol. The van der Waals surface area contributed by atoms with E-state index in [4.69, 9.17) is 10.5 Å². The third kappa shape index (κ3) is 2.48. The van der Waals surface area contributed by atoms with Crippen LogP contribution in [-0.2, 0) is 6.42 Å². The second kappa shape index (κ2) is 3.69. The Balaban J connectivity index is 2.58. The largest absolute Gasteiger partial charge is 0.473 e. The highest BCUT2D eigenvalue weighted by molar-refractivity contribution is 7.11. The number of hydrogen-bond donors (Lipinski definition) is 1. The maximum absolute atomic E-state index is 5.60. The van der Waals surface area contributed by atoms with Crippen molar-refractivity contribution in [2.24, 2.45) is 5.73 Å². The van der Waals surface area contributed by atoms with Crippen LogP contribution >= 0.6 is 11.3 Å². The molecule has 1 atom stereocenters. The highest BCUT2D eigenvalue weighted by Crippen LogP contribution is 2.17. The number of methoxy groups -OCH3 is 1. The number of nitrogens with two attached hydrogens (primary N) is 1. The van der Waals surface area contributed by atoms with Gasteiger partial charge in [0.1, 0.15) is 0 Å². The third-order valence-corrected chi connectivity index (χ3v) is 2.09. The minimum absolute atomic E-state index is 0.168. The summed E-state index contributed by atoms with van der Waals surface area (Å²) < 4.78 is 4.94. The number of nitrogens with zero attached hydrogens (tertiary/aromatic N) is 1. The Bertz CT molecular complexity index is 222. The monoisotopic (exact) mass is 172 g/mol. The van der Waals surface area contributed by atoms with Crippen molar-refractivity contribution < 1.29 is 4.74 Å². The zero-order valence-electron chi connectivity index (χ0n) is 6.70. The van der Waals surface area contributed by atoms with E-state index in [9.17, 15) is 0 Å². The Morgan fingerprint density at radius 2 is 2.55 bits per heavy atom. The molecular formula is C7H12N2OS. The molecule has 0 saturated heterocycles. The lowest BCUT2D eigenvalue weighted by atomic mass is 10.2. The van der Waals surface area contributed by atoms with Crippen molar-refractivity contribution in [3.05, 3.63) is 11.1 Å². The van der Waals surface area contributed by atoms with Crippen LogP contribution in [0.5, 0.6) is 5.19 Å². The molecule has 1 rings (SSSR count). The van der Waals surface area contributed by atoms with Crippen molar-refractivity contribution in [1.29, 1.82) is 0 Å². The van der Waals surface area contributed by atoms with E-state index in [1.54, 1.807) is 7.11 Å². The summed E-state index contributed by atoms with van der Waals surface area (Å²) in [5, 5.41) is 2.68. The highest BCUT2D eigenvalue weighted by atomic mass is 32.1. The molecule has 0 radical (unpaired) electrons. The molecule has 3 nitrogen and oxygen atoms in total. The summed E-state index contributed by atoms with van der Waals surface area (Å²) in [4.78, 5) is 4.19. The highest BCUT2D eigenvalue weighted by Gasteiger charge is 2.03. The van der Waals surface area contributed by atoms with Crippen molar-refractivity contribution in [2.45, 2.75) is 19.4 Å². The zero-order valence-corrected chi connectivity index (χ0v) is 7.52. The molecule has 0 bridgehead atoms. The number of aromatic nitrogens is 1. The Kier molecular flexibility index (Phi) is 2.84.